The summed E-state index contributed by atoms with van der Waals surface area (Å²) in [6, 6.07) is 8.85. The van der Waals surface area contributed by atoms with Crippen LogP contribution in [0.25, 0.3) is 0 Å². The zero-order chi connectivity index (χ0) is 22.7. The number of unbranched alkanes of at least 4 members (excludes halogenated alkanes) is 1. The van der Waals surface area contributed by atoms with Gasteiger partial charge in [-0.1, -0.05) is 37.3 Å². The summed E-state index contributed by atoms with van der Waals surface area (Å²) in [7, 11) is 0. The third-order valence-corrected chi connectivity index (χ3v) is 7.02. The summed E-state index contributed by atoms with van der Waals surface area (Å²) in [5.74, 6) is -1.78. The maximum absolute atomic E-state index is 13.6. The Labute approximate surface area is 188 Å². The van der Waals surface area contributed by atoms with Gasteiger partial charge >= 0.3 is 0 Å². The standard InChI is InChI=1S/C24H33N3O5/c1-2-12-25-21(29)18-17-10-11-24(32-17)19(18)23(31)27(13-6-7-14-28)20(24)22(30)26-15-16-8-4-3-5-9-16/h3-5,8-9,17-20,28H,2,6-7,10-15H2,1H3,(H,25,29)(H,26,30)/t17-,18+,19-,20?,24?/m0/s1. The highest BCUT2D eigenvalue weighted by Gasteiger charge is 2.74. The number of hydrogen-bond acceptors (Lipinski definition) is 5. The van der Waals surface area contributed by atoms with Crippen molar-refractivity contribution in [2.45, 2.75) is 63.3 Å². The molecule has 1 aromatic rings. The number of carbonyl (C=O) groups is 3. The van der Waals surface area contributed by atoms with Crippen LogP contribution >= 0.6 is 0 Å². The molecule has 0 aromatic heterocycles. The molecule has 1 aromatic carbocycles. The number of nitrogens with one attached hydrogen (secondary N) is 2. The molecule has 0 radical (unpaired) electrons. The van der Waals surface area contributed by atoms with Crippen molar-refractivity contribution in [2.24, 2.45) is 11.8 Å². The van der Waals surface area contributed by atoms with E-state index in [9.17, 15) is 19.5 Å². The third kappa shape index (κ3) is 3.90. The third-order valence-electron chi connectivity index (χ3n) is 7.02. The van der Waals surface area contributed by atoms with Crippen molar-refractivity contribution in [3.63, 3.8) is 0 Å². The van der Waals surface area contributed by atoms with Crippen LogP contribution in [0.1, 0.15) is 44.6 Å². The Bertz CT molecular complexity index is 847. The van der Waals surface area contributed by atoms with Gasteiger partial charge in [-0.2, -0.15) is 0 Å². The second-order valence-electron chi connectivity index (χ2n) is 9.01. The smallest absolute Gasteiger partial charge is 0.246 e. The van der Waals surface area contributed by atoms with Crippen LogP contribution in [-0.2, 0) is 25.7 Å². The molecule has 3 fully saturated rings. The Balaban J connectivity index is 1.58. The van der Waals surface area contributed by atoms with Gasteiger partial charge in [0.15, 0.2) is 0 Å². The van der Waals surface area contributed by atoms with E-state index < -0.39 is 23.5 Å². The molecule has 3 saturated heterocycles. The van der Waals surface area contributed by atoms with Crippen LogP contribution in [-0.4, -0.2) is 65.2 Å². The number of hydrogen-bond donors (Lipinski definition) is 3. The molecule has 32 heavy (non-hydrogen) atoms. The minimum atomic E-state index is -0.962. The molecule has 3 aliphatic rings. The van der Waals surface area contributed by atoms with Crippen molar-refractivity contribution in [1.29, 1.82) is 0 Å². The van der Waals surface area contributed by atoms with E-state index in [4.69, 9.17) is 4.74 Å². The SMILES string of the molecule is CCCNC(=O)[C@@H]1[C@@H]2CCC3(O2)C(C(=O)NCc2ccccc2)N(CCCCO)C(=O)[C@H]13. The van der Waals surface area contributed by atoms with Crippen molar-refractivity contribution in [1.82, 2.24) is 15.5 Å². The number of ether oxygens (including phenoxy) is 1. The fourth-order valence-corrected chi connectivity index (χ4v) is 5.64. The van der Waals surface area contributed by atoms with Gasteiger partial charge in [0.05, 0.1) is 17.9 Å². The van der Waals surface area contributed by atoms with Crippen LogP contribution in [0.3, 0.4) is 0 Å². The van der Waals surface area contributed by atoms with E-state index in [2.05, 4.69) is 10.6 Å². The molecule has 2 bridgehead atoms. The zero-order valence-corrected chi connectivity index (χ0v) is 18.6. The lowest BCUT2D eigenvalue weighted by Crippen LogP contribution is -2.55. The maximum atomic E-state index is 13.6. The van der Waals surface area contributed by atoms with E-state index in [0.29, 0.717) is 45.3 Å². The fraction of sp³-hybridized carbons (Fsp3) is 0.625. The summed E-state index contributed by atoms with van der Waals surface area (Å²) in [6.45, 7) is 3.28. The number of nitrogens with zero attached hydrogens (tertiary/aromatic N) is 1. The van der Waals surface area contributed by atoms with E-state index in [1.165, 1.54) is 0 Å². The van der Waals surface area contributed by atoms with E-state index in [0.717, 1.165) is 12.0 Å². The van der Waals surface area contributed by atoms with Gasteiger partial charge in [-0.15, -0.1) is 0 Å². The first kappa shape index (κ1) is 22.7. The average molecular weight is 444 g/mol. The van der Waals surface area contributed by atoms with Crippen molar-refractivity contribution < 1.29 is 24.2 Å². The monoisotopic (exact) mass is 443 g/mol. The average Bonchev–Trinajstić information content (AvgIpc) is 3.44. The number of rotatable bonds is 10. The van der Waals surface area contributed by atoms with Gasteiger partial charge in [0.25, 0.3) is 0 Å². The highest BCUT2D eigenvalue weighted by molar-refractivity contribution is 5.98. The first-order valence-electron chi connectivity index (χ1n) is 11.7. The Kier molecular flexibility index (Phi) is 6.81. The lowest BCUT2D eigenvalue weighted by atomic mass is 9.70. The Hall–Kier alpha value is -2.45. The molecule has 8 nitrogen and oxygen atoms in total. The van der Waals surface area contributed by atoms with E-state index in [1.54, 1.807) is 4.90 Å². The van der Waals surface area contributed by atoms with E-state index >= 15 is 0 Å². The highest BCUT2D eigenvalue weighted by Crippen LogP contribution is 2.58. The summed E-state index contributed by atoms with van der Waals surface area (Å²) in [5, 5.41) is 15.1. The minimum Gasteiger partial charge on any atom is -0.396 e. The molecule has 0 aliphatic carbocycles. The van der Waals surface area contributed by atoms with Crippen LogP contribution in [0.5, 0.6) is 0 Å². The zero-order valence-electron chi connectivity index (χ0n) is 18.6. The van der Waals surface area contributed by atoms with Crippen LogP contribution in [0.4, 0.5) is 0 Å². The van der Waals surface area contributed by atoms with Crippen LogP contribution in [0.15, 0.2) is 30.3 Å². The number of aliphatic hydroxyl groups is 1. The van der Waals surface area contributed by atoms with E-state index in [-0.39, 0.29) is 30.4 Å². The number of aliphatic hydroxyl groups excluding tert-OH is 1. The molecule has 3 amide bonds. The summed E-state index contributed by atoms with van der Waals surface area (Å²) >= 11 is 0. The molecule has 0 saturated carbocycles. The molecule has 8 heteroatoms. The van der Waals surface area contributed by atoms with Crippen LogP contribution in [0, 0.1) is 11.8 Å². The summed E-state index contributed by atoms with van der Waals surface area (Å²) in [5.41, 5.74) is 0.00943. The number of carbonyl (C=O) groups excluding carboxylic acids is 3. The van der Waals surface area contributed by atoms with Gasteiger partial charge in [0, 0.05) is 26.2 Å². The molecule has 2 unspecified atom stereocenters. The molecule has 3 N–H and O–H groups in total. The Morgan fingerprint density at radius 3 is 2.69 bits per heavy atom. The lowest BCUT2D eigenvalue weighted by Gasteiger charge is -2.33. The van der Waals surface area contributed by atoms with Gasteiger partial charge in [0.1, 0.15) is 11.6 Å². The molecule has 174 valence electrons. The summed E-state index contributed by atoms with van der Waals surface area (Å²) in [6.07, 6.45) is 2.87. The molecular formula is C24H33N3O5. The fourth-order valence-electron chi connectivity index (χ4n) is 5.64. The van der Waals surface area contributed by atoms with Crippen LogP contribution < -0.4 is 10.6 Å². The number of benzene rings is 1. The lowest BCUT2D eigenvalue weighted by molar-refractivity contribution is -0.142. The molecule has 5 atom stereocenters. The first-order valence-corrected chi connectivity index (χ1v) is 11.7. The normalized spacial score (nSPS) is 30.4. The Morgan fingerprint density at radius 1 is 1.19 bits per heavy atom. The maximum Gasteiger partial charge on any atom is 0.246 e. The second-order valence-corrected chi connectivity index (χ2v) is 9.01. The van der Waals surface area contributed by atoms with Crippen molar-refractivity contribution in [3.8, 4) is 0 Å². The molecule has 4 rings (SSSR count). The van der Waals surface area contributed by atoms with Gasteiger partial charge in [-0.3, -0.25) is 14.4 Å². The highest BCUT2D eigenvalue weighted by atomic mass is 16.5. The van der Waals surface area contributed by atoms with E-state index in [1.807, 2.05) is 37.3 Å². The predicted octanol–water partition coefficient (Wildman–Crippen LogP) is 0.976. The van der Waals surface area contributed by atoms with Crippen molar-refractivity contribution in [3.05, 3.63) is 35.9 Å². The van der Waals surface area contributed by atoms with Gasteiger partial charge in [-0.05, 0) is 37.7 Å². The molecular weight excluding hydrogens is 410 g/mol. The van der Waals surface area contributed by atoms with Crippen LogP contribution in [0.2, 0.25) is 0 Å². The summed E-state index contributed by atoms with van der Waals surface area (Å²) in [4.78, 5) is 41.6. The minimum absolute atomic E-state index is 0.0299. The van der Waals surface area contributed by atoms with Crippen molar-refractivity contribution >= 4 is 17.7 Å². The van der Waals surface area contributed by atoms with Gasteiger partial charge < -0.3 is 25.4 Å². The Morgan fingerprint density at radius 2 is 1.97 bits per heavy atom. The largest absolute Gasteiger partial charge is 0.396 e. The second kappa shape index (κ2) is 9.58. The topological polar surface area (TPSA) is 108 Å². The predicted molar refractivity (Wildman–Crippen MR) is 117 cm³/mol. The number of likely N-dealkylation sites (tertiary alicyclic amines) is 1. The molecule has 1 spiro atoms. The first-order chi connectivity index (χ1) is 15.5. The number of amides is 3. The van der Waals surface area contributed by atoms with Gasteiger partial charge in [0.2, 0.25) is 17.7 Å². The quantitative estimate of drug-likeness (QED) is 0.467. The summed E-state index contributed by atoms with van der Waals surface area (Å²) < 4.78 is 6.36. The van der Waals surface area contributed by atoms with Gasteiger partial charge in [-0.25, -0.2) is 0 Å². The number of fused-ring (bicyclic) bond motifs is 1. The molecule has 3 aliphatic heterocycles. The molecule has 3 heterocycles. The van der Waals surface area contributed by atoms with Crippen molar-refractivity contribution in [2.75, 3.05) is 19.7 Å².